The summed E-state index contributed by atoms with van der Waals surface area (Å²) in [6.07, 6.45) is 0. The molecule has 5 nitrogen and oxygen atoms in total. The zero-order valence-corrected chi connectivity index (χ0v) is 12.6. The normalized spacial score (nSPS) is 11.1. The third-order valence-corrected chi connectivity index (χ3v) is 5.20. The van der Waals surface area contributed by atoms with Crippen molar-refractivity contribution < 1.29 is 22.1 Å². The van der Waals surface area contributed by atoms with Gasteiger partial charge in [0, 0.05) is 0 Å². The highest BCUT2D eigenvalue weighted by molar-refractivity contribution is 7.89. The van der Waals surface area contributed by atoms with E-state index in [4.69, 9.17) is 15.8 Å². The van der Waals surface area contributed by atoms with Gasteiger partial charge >= 0.3 is 16.1 Å². The summed E-state index contributed by atoms with van der Waals surface area (Å²) in [6.45, 7) is 0. The van der Waals surface area contributed by atoms with Crippen LogP contribution in [-0.2, 0) is 14.9 Å². The molecule has 0 aliphatic carbocycles. The Balaban J connectivity index is 2.37. The second kappa shape index (κ2) is 5.82. The highest BCUT2D eigenvalue weighted by Crippen LogP contribution is 2.29. The van der Waals surface area contributed by atoms with E-state index < -0.39 is 16.1 Å². The molecule has 0 N–H and O–H groups in total. The number of rotatable bonds is 4. The fourth-order valence-electron chi connectivity index (χ4n) is 1.41. The predicted molar refractivity (Wildman–Crippen MR) is 74.9 cm³/mol. The Morgan fingerprint density at radius 3 is 2.50 bits per heavy atom. The SMILES string of the molecule is COC(=O)c1ccccc1OS(=O)(=O)c1ccc(Cl)s1. The van der Waals surface area contributed by atoms with Gasteiger partial charge in [0.15, 0.2) is 9.96 Å². The lowest BCUT2D eigenvalue weighted by molar-refractivity contribution is 0.0599. The van der Waals surface area contributed by atoms with Gasteiger partial charge in [0.2, 0.25) is 0 Å². The molecule has 0 saturated heterocycles. The predicted octanol–water partition coefficient (Wildman–Crippen LogP) is 2.96. The van der Waals surface area contributed by atoms with Gasteiger partial charge in [-0.25, -0.2) is 4.79 Å². The summed E-state index contributed by atoms with van der Waals surface area (Å²) in [5, 5.41) is 0. The molecular weight excluding hydrogens is 324 g/mol. The van der Waals surface area contributed by atoms with Crippen LogP contribution in [0.1, 0.15) is 10.4 Å². The summed E-state index contributed by atoms with van der Waals surface area (Å²) in [6, 6.07) is 8.71. The average molecular weight is 333 g/mol. The minimum Gasteiger partial charge on any atom is -0.465 e. The highest BCUT2D eigenvalue weighted by atomic mass is 35.5. The molecule has 0 unspecified atom stereocenters. The number of thiophene rings is 1. The number of para-hydroxylation sites is 1. The molecule has 0 saturated carbocycles. The van der Waals surface area contributed by atoms with Crippen LogP contribution in [-0.4, -0.2) is 21.5 Å². The van der Waals surface area contributed by atoms with Crippen molar-refractivity contribution >= 4 is 39.0 Å². The van der Waals surface area contributed by atoms with E-state index >= 15 is 0 Å². The van der Waals surface area contributed by atoms with Crippen LogP contribution in [0.5, 0.6) is 5.75 Å². The summed E-state index contributed by atoms with van der Waals surface area (Å²) in [7, 11) is -2.83. The van der Waals surface area contributed by atoms with Gasteiger partial charge in [-0.3, -0.25) is 0 Å². The molecule has 20 heavy (non-hydrogen) atoms. The third-order valence-electron chi connectivity index (χ3n) is 2.29. The first-order valence-corrected chi connectivity index (χ1v) is 7.91. The second-order valence-electron chi connectivity index (χ2n) is 3.58. The van der Waals surface area contributed by atoms with Gasteiger partial charge in [0.25, 0.3) is 0 Å². The van der Waals surface area contributed by atoms with Crippen molar-refractivity contribution in [3.05, 3.63) is 46.3 Å². The monoisotopic (exact) mass is 332 g/mol. The minimum absolute atomic E-state index is 0.0289. The number of esters is 1. The van der Waals surface area contributed by atoms with Gasteiger partial charge in [0.05, 0.1) is 11.4 Å². The van der Waals surface area contributed by atoms with Crippen LogP contribution < -0.4 is 4.18 Å². The molecule has 2 rings (SSSR count). The minimum atomic E-state index is -4.03. The van der Waals surface area contributed by atoms with Gasteiger partial charge in [-0.05, 0) is 24.3 Å². The Morgan fingerprint density at radius 2 is 1.90 bits per heavy atom. The van der Waals surface area contributed by atoms with E-state index in [2.05, 4.69) is 4.74 Å². The zero-order chi connectivity index (χ0) is 14.8. The molecule has 8 heteroatoms. The molecule has 1 aromatic heterocycles. The van der Waals surface area contributed by atoms with E-state index in [0.717, 1.165) is 11.3 Å². The number of benzene rings is 1. The maximum absolute atomic E-state index is 12.1. The van der Waals surface area contributed by atoms with Gasteiger partial charge in [0.1, 0.15) is 5.56 Å². The molecule has 106 valence electrons. The molecule has 0 bridgehead atoms. The number of halogens is 1. The molecule has 0 spiro atoms. The van der Waals surface area contributed by atoms with Crippen LogP contribution in [0.25, 0.3) is 0 Å². The van der Waals surface area contributed by atoms with E-state index in [1.54, 1.807) is 12.1 Å². The molecule has 0 amide bonds. The largest absolute Gasteiger partial charge is 0.465 e. The van der Waals surface area contributed by atoms with E-state index in [0.29, 0.717) is 4.34 Å². The Morgan fingerprint density at radius 1 is 1.20 bits per heavy atom. The first-order valence-electron chi connectivity index (χ1n) is 5.31. The van der Waals surface area contributed by atoms with Crippen LogP contribution in [0.3, 0.4) is 0 Å². The molecule has 2 aromatic rings. The van der Waals surface area contributed by atoms with Gasteiger partial charge in [-0.2, -0.15) is 8.42 Å². The van der Waals surface area contributed by atoms with E-state index in [-0.39, 0.29) is 15.5 Å². The number of carbonyl (C=O) groups is 1. The fraction of sp³-hybridized carbons (Fsp3) is 0.0833. The third kappa shape index (κ3) is 3.12. The topological polar surface area (TPSA) is 69.7 Å². The van der Waals surface area contributed by atoms with Crippen LogP contribution in [0.2, 0.25) is 4.34 Å². The lowest BCUT2D eigenvalue weighted by Gasteiger charge is -2.08. The molecule has 0 aliphatic rings. The smallest absolute Gasteiger partial charge is 0.348 e. The standard InChI is InChI=1S/C12H9ClO5S2/c1-17-12(14)8-4-2-3-5-9(8)18-20(15,16)11-7-6-10(13)19-11/h2-7H,1H3. The maximum atomic E-state index is 12.1. The van der Waals surface area contributed by atoms with Crippen molar-refractivity contribution in [3.63, 3.8) is 0 Å². The number of hydrogen-bond acceptors (Lipinski definition) is 6. The summed E-state index contributed by atoms with van der Waals surface area (Å²) in [5.74, 6) is -0.774. The molecule has 0 atom stereocenters. The van der Waals surface area contributed by atoms with Gasteiger partial charge in [-0.1, -0.05) is 23.7 Å². The Kier molecular flexibility index (Phi) is 4.32. The summed E-state index contributed by atoms with van der Waals surface area (Å²) >= 11 is 6.57. The van der Waals surface area contributed by atoms with E-state index in [1.807, 2.05) is 0 Å². The van der Waals surface area contributed by atoms with Crippen molar-refractivity contribution in [2.75, 3.05) is 7.11 Å². The number of ether oxygens (including phenoxy) is 1. The Bertz CT molecular complexity index is 736. The highest BCUT2D eigenvalue weighted by Gasteiger charge is 2.22. The zero-order valence-electron chi connectivity index (χ0n) is 10.2. The average Bonchev–Trinajstić information content (AvgIpc) is 2.86. The van der Waals surface area contributed by atoms with Crippen molar-refractivity contribution in [1.82, 2.24) is 0 Å². The lowest BCUT2D eigenvalue weighted by atomic mass is 10.2. The summed E-state index contributed by atoms with van der Waals surface area (Å²) in [5.41, 5.74) is 0.0289. The van der Waals surface area contributed by atoms with Crippen molar-refractivity contribution in [2.45, 2.75) is 4.21 Å². The quantitative estimate of drug-likeness (QED) is 0.636. The van der Waals surface area contributed by atoms with Crippen molar-refractivity contribution in [3.8, 4) is 5.75 Å². The van der Waals surface area contributed by atoms with E-state index in [1.165, 1.54) is 31.4 Å². The number of hydrogen-bond donors (Lipinski definition) is 0. The summed E-state index contributed by atoms with van der Waals surface area (Å²) in [4.78, 5) is 11.5. The van der Waals surface area contributed by atoms with Crippen LogP contribution >= 0.6 is 22.9 Å². The molecule has 0 fully saturated rings. The Labute approximate surface area is 124 Å². The Hall–Kier alpha value is -1.57. The van der Waals surface area contributed by atoms with Crippen LogP contribution in [0.4, 0.5) is 0 Å². The lowest BCUT2D eigenvalue weighted by Crippen LogP contribution is -2.11. The van der Waals surface area contributed by atoms with E-state index in [9.17, 15) is 13.2 Å². The molecule has 0 aliphatic heterocycles. The molecule has 1 aromatic carbocycles. The number of carbonyl (C=O) groups excluding carboxylic acids is 1. The first-order chi connectivity index (χ1) is 9.44. The summed E-state index contributed by atoms with van der Waals surface area (Å²) < 4.78 is 33.9. The fourth-order valence-corrected chi connectivity index (χ4v) is 3.80. The maximum Gasteiger partial charge on any atom is 0.348 e. The second-order valence-corrected chi connectivity index (χ2v) is 7.07. The van der Waals surface area contributed by atoms with Crippen molar-refractivity contribution in [2.24, 2.45) is 0 Å². The first kappa shape index (κ1) is 14.8. The number of methoxy groups -OCH3 is 1. The molecule has 0 radical (unpaired) electrons. The van der Waals surface area contributed by atoms with Gasteiger partial charge < -0.3 is 8.92 Å². The molecular formula is C12H9ClO5S2. The van der Waals surface area contributed by atoms with Gasteiger partial charge in [-0.15, -0.1) is 11.3 Å². The van der Waals surface area contributed by atoms with Crippen LogP contribution in [0, 0.1) is 0 Å². The molecule has 1 heterocycles. The van der Waals surface area contributed by atoms with Crippen LogP contribution in [0.15, 0.2) is 40.6 Å². The van der Waals surface area contributed by atoms with Crippen molar-refractivity contribution in [1.29, 1.82) is 0 Å².